The van der Waals surface area contributed by atoms with Gasteiger partial charge in [-0.1, -0.05) is 69.3 Å². The van der Waals surface area contributed by atoms with Crippen molar-refractivity contribution in [3.05, 3.63) is 71.8 Å². The van der Waals surface area contributed by atoms with Crippen LogP contribution >= 0.6 is 0 Å². The van der Waals surface area contributed by atoms with Gasteiger partial charge in [-0.05, 0) is 47.8 Å². The molecular weight excluding hydrogens is 358 g/mol. The van der Waals surface area contributed by atoms with Gasteiger partial charge in [-0.3, -0.25) is 0 Å². The summed E-state index contributed by atoms with van der Waals surface area (Å²) in [4.78, 5) is 2.20. The van der Waals surface area contributed by atoms with E-state index in [-0.39, 0.29) is 5.04 Å². The minimum absolute atomic E-state index is 0.168. The third-order valence-corrected chi connectivity index (χ3v) is 10.3. The Morgan fingerprint density at radius 2 is 1.54 bits per heavy atom. The minimum atomic E-state index is -1.91. The van der Waals surface area contributed by atoms with E-state index in [9.17, 15) is 0 Å². The summed E-state index contributed by atoms with van der Waals surface area (Å²) in [7, 11) is 2.31. The molecule has 0 fully saturated rings. The van der Waals surface area contributed by atoms with Gasteiger partial charge in [-0.2, -0.15) is 0 Å². The van der Waals surface area contributed by atoms with Gasteiger partial charge in [0.1, 0.15) is 5.75 Å². The Labute approximate surface area is 171 Å². The van der Waals surface area contributed by atoms with Crippen molar-refractivity contribution in [3.63, 3.8) is 0 Å². The summed E-state index contributed by atoms with van der Waals surface area (Å²) >= 11 is 0. The molecule has 0 aliphatic heterocycles. The predicted molar refractivity (Wildman–Crippen MR) is 125 cm³/mol. The maximum atomic E-state index is 6.74. The SMILES string of the molecule is CN(C)c1ccc(O[Si](C)(C)C(C)(C)C)c2cccc(Cc3ccccc3)c12. The Bertz CT molecular complexity index is 955. The minimum Gasteiger partial charge on any atom is -0.543 e. The summed E-state index contributed by atoms with van der Waals surface area (Å²) < 4.78 is 6.74. The summed E-state index contributed by atoms with van der Waals surface area (Å²) in [5.41, 5.74) is 3.91. The highest BCUT2D eigenvalue weighted by Gasteiger charge is 2.39. The Morgan fingerprint density at radius 3 is 2.14 bits per heavy atom. The second-order valence-electron chi connectivity index (χ2n) is 9.34. The Balaban J connectivity index is 2.16. The smallest absolute Gasteiger partial charge is 0.250 e. The van der Waals surface area contributed by atoms with Crippen LogP contribution < -0.4 is 9.33 Å². The topological polar surface area (TPSA) is 12.5 Å². The van der Waals surface area contributed by atoms with Crippen LogP contribution in [0.4, 0.5) is 5.69 Å². The van der Waals surface area contributed by atoms with Crippen LogP contribution in [0.1, 0.15) is 31.9 Å². The molecular formula is C25H33NOSi. The van der Waals surface area contributed by atoms with Crippen LogP contribution in [0.25, 0.3) is 10.8 Å². The lowest BCUT2D eigenvalue weighted by Crippen LogP contribution is -2.43. The number of fused-ring (bicyclic) bond motifs is 1. The van der Waals surface area contributed by atoms with Gasteiger partial charge in [-0.25, -0.2) is 0 Å². The van der Waals surface area contributed by atoms with Crippen LogP contribution in [-0.2, 0) is 6.42 Å². The summed E-state index contributed by atoms with van der Waals surface area (Å²) in [5, 5.41) is 2.68. The maximum absolute atomic E-state index is 6.74. The van der Waals surface area contributed by atoms with Crippen LogP contribution in [0.2, 0.25) is 18.1 Å². The molecule has 0 radical (unpaired) electrons. The maximum Gasteiger partial charge on any atom is 0.250 e. The van der Waals surface area contributed by atoms with E-state index in [0.717, 1.165) is 12.2 Å². The van der Waals surface area contributed by atoms with Crippen molar-refractivity contribution in [1.82, 2.24) is 0 Å². The van der Waals surface area contributed by atoms with Gasteiger partial charge in [0.2, 0.25) is 0 Å². The van der Waals surface area contributed by atoms with Crippen molar-refractivity contribution >= 4 is 24.8 Å². The molecule has 3 aromatic rings. The molecule has 3 rings (SSSR count). The monoisotopic (exact) mass is 391 g/mol. The zero-order valence-corrected chi connectivity index (χ0v) is 19.3. The van der Waals surface area contributed by atoms with Crippen LogP contribution in [0.15, 0.2) is 60.7 Å². The van der Waals surface area contributed by atoms with Gasteiger partial charge in [-0.15, -0.1) is 0 Å². The normalized spacial score (nSPS) is 12.2. The molecule has 28 heavy (non-hydrogen) atoms. The van der Waals surface area contributed by atoms with Crippen LogP contribution in [0.5, 0.6) is 5.75 Å². The van der Waals surface area contributed by atoms with Crippen molar-refractivity contribution in [3.8, 4) is 5.75 Å². The van der Waals surface area contributed by atoms with Crippen molar-refractivity contribution in [2.45, 2.75) is 45.3 Å². The fourth-order valence-electron chi connectivity index (χ4n) is 3.29. The number of nitrogens with zero attached hydrogens (tertiary/aromatic N) is 1. The van der Waals surface area contributed by atoms with Crippen molar-refractivity contribution in [2.75, 3.05) is 19.0 Å². The first-order valence-electron chi connectivity index (χ1n) is 10.0. The van der Waals surface area contributed by atoms with Crippen molar-refractivity contribution in [2.24, 2.45) is 0 Å². The molecule has 0 aliphatic carbocycles. The number of rotatable bonds is 5. The molecule has 0 spiro atoms. The molecule has 0 aliphatic rings. The number of benzene rings is 3. The van der Waals surface area contributed by atoms with E-state index in [4.69, 9.17) is 4.43 Å². The molecule has 3 heteroatoms. The molecule has 0 N–H and O–H groups in total. The fourth-order valence-corrected chi connectivity index (χ4v) is 4.32. The standard InChI is InChI=1S/C25H33NOSi/c1-25(2,3)28(6,7)27-23-17-16-22(26(4)5)24-20(14-11-15-21(23)24)18-19-12-9-8-10-13-19/h8-17H,18H2,1-7H3. The lowest BCUT2D eigenvalue weighted by molar-refractivity contribution is 0.496. The van der Waals surface area contributed by atoms with E-state index in [1.54, 1.807) is 0 Å². The highest BCUT2D eigenvalue weighted by Crippen LogP contribution is 2.42. The van der Waals surface area contributed by atoms with Crippen molar-refractivity contribution in [1.29, 1.82) is 0 Å². The lowest BCUT2D eigenvalue weighted by Gasteiger charge is -2.37. The molecule has 2 nitrogen and oxygen atoms in total. The van der Waals surface area contributed by atoms with Crippen LogP contribution in [-0.4, -0.2) is 22.4 Å². The van der Waals surface area contributed by atoms with E-state index >= 15 is 0 Å². The van der Waals surface area contributed by atoms with E-state index in [1.165, 1.54) is 27.6 Å². The molecule has 0 heterocycles. The van der Waals surface area contributed by atoms with Gasteiger partial charge in [0.25, 0.3) is 8.32 Å². The van der Waals surface area contributed by atoms with Gasteiger partial charge in [0.15, 0.2) is 0 Å². The van der Waals surface area contributed by atoms with E-state index in [0.29, 0.717) is 0 Å². The highest BCUT2D eigenvalue weighted by atomic mass is 28.4. The molecule has 0 atom stereocenters. The molecule has 3 aromatic carbocycles. The molecule has 0 saturated heterocycles. The average Bonchev–Trinajstić information content (AvgIpc) is 2.62. The van der Waals surface area contributed by atoms with E-state index in [2.05, 4.69) is 114 Å². The summed E-state index contributed by atoms with van der Waals surface area (Å²) in [6.07, 6.45) is 0.919. The van der Waals surface area contributed by atoms with Crippen LogP contribution in [0, 0.1) is 0 Å². The van der Waals surface area contributed by atoms with Gasteiger partial charge in [0, 0.05) is 30.6 Å². The molecule has 0 aromatic heterocycles. The fraction of sp³-hybridized carbons (Fsp3) is 0.360. The second-order valence-corrected chi connectivity index (χ2v) is 14.1. The third-order valence-electron chi connectivity index (χ3n) is 5.96. The number of hydrogen-bond acceptors (Lipinski definition) is 2. The molecule has 0 bridgehead atoms. The lowest BCUT2D eigenvalue weighted by atomic mass is 9.96. The van der Waals surface area contributed by atoms with Crippen LogP contribution in [0.3, 0.4) is 0 Å². The molecule has 0 saturated carbocycles. The van der Waals surface area contributed by atoms with Gasteiger partial charge < -0.3 is 9.33 Å². The third kappa shape index (κ3) is 4.10. The van der Waals surface area contributed by atoms with E-state index < -0.39 is 8.32 Å². The first-order valence-corrected chi connectivity index (χ1v) is 13.0. The molecule has 0 amide bonds. The largest absolute Gasteiger partial charge is 0.543 e. The second kappa shape index (κ2) is 7.63. The summed E-state index contributed by atoms with van der Waals surface area (Å²) in [6, 6.07) is 21.7. The van der Waals surface area contributed by atoms with E-state index in [1.807, 2.05) is 0 Å². The summed E-state index contributed by atoms with van der Waals surface area (Å²) in [5.74, 6) is 1.02. The molecule has 0 unspecified atom stereocenters. The predicted octanol–water partition coefficient (Wildman–Crippen LogP) is 6.88. The Morgan fingerprint density at radius 1 is 0.857 bits per heavy atom. The average molecular weight is 392 g/mol. The quantitative estimate of drug-likeness (QED) is 0.439. The Kier molecular flexibility index (Phi) is 5.58. The zero-order chi connectivity index (χ0) is 20.5. The Hall–Kier alpha value is -2.26. The highest BCUT2D eigenvalue weighted by molar-refractivity contribution is 6.74. The van der Waals surface area contributed by atoms with Crippen molar-refractivity contribution < 1.29 is 4.43 Å². The van der Waals surface area contributed by atoms with Gasteiger partial charge >= 0.3 is 0 Å². The first-order chi connectivity index (χ1) is 13.1. The first kappa shape index (κ1) is 20.5. The zero-order valence-electron chi connectivity index (χ0n) is 18.3. The summed E-state index contributed by atoms with van der Waals surface area (Å²) in [6.45, 7) is 11.5. The number of hydrogen-bond donors (Lipinski definition) is 0. The van der Waals surface area contributed by atoms with Gasteiger partial charge in [0.05, 0.1) is 0 Å². The molecule has 148 valence electrons. The number of anilines is 1.